The summed E-state index contributed by atoms with van der Waals surface area (Å²) in [5.74, 6) is -0.205. The van der Waals surface area contributed by atoms with Crippen molar-refractivity contribution in [3.63, 3.8) is 0 Å². The van der Waals surface area contributed by atoms with E-state index in [0.717, 1.165) is 27.3 Å². The average Bonchev–Trinajstić information content (AvgIpc) is 2.62. The first-order chi connectivity index (χ1) is 11.3. The molecule has 0 saturated heterocycles. The van der Waals surface area contributed by atoms with E-state index in [0.29, 0.717) is 0 Å². The molecular formula is C20H14FNS. The van der Waals surface area contributed by atoms with Crippen molar-refractivity contribution < 1.29 is 4.39 Å². The highest BCUT2D eigenvalue weighted by Crippen LogP contribution is 2.46. The van der Waals surface area contributed by atoms with E-state index in [1.54, 1.807) is 11.8 Å². The molecule has 2 aromatic carbocycles. The van der Waals surface area contributed by atoms with Crippen LogP contribution in [-0.4, -0.2) is 4.98 Å². The summed E-state index contributed by atoms with van der Waals surface area (Å²) >= 11 is 1.75. The number of benzene rings is 2. The van der Waals surface area contributed by atoms with Crippen LogP contribution in [-0.2, 0) is 0 Å². The second-order valence-corrected chi connectivity index (χ2v) is 6.57. The van der Waals surface area contributed by atoms with Crippen molar-refractivity contribution in [2.75, 3.05) is 0 Å². The summed E-state index contributed by atoms with van der Waals surface area (Å²) in [6, 6.07) is 21.1. The topological polar surface area (TPSA) is 12.9 Å². The number of hydrogen-bond acceptors (Lipinski definition) is 2. The summed E-state index contributed by atoms with van der Waals surface area (Å²) in [6.07, 6.45) is 4.05. The maximum atomic E-state index is 13.2. The summed E-state index contributed by atoms with van der Waals surface area (Å²) in [6.45, 7) is 0. The van der Waals surface area contributed by atoms with Gasteiger partial charge in [-0.3, -0.25) is 4.98 Å². The number of fused-ring (bicyclic) bond motifs is 1. The van der Waals surface area contributed by atoms with Crippen LogP contribution in [0.2, 0.25) is 0 Å². The highest BCUT2D eigenvalue weighted by molar-refractivity contribution is 7.99. The second-order valence-electron chi connectivity index (χ2n) is 5.39. The molecule has 23 heavy (non-hydrogen) atoms. The Bertz CT molecular complexity index is 856. The van der Waals surface area contributed by atoms with Crippen molar-refractivity contribution in [3.8, 4) is 0 Å². The van der Waals surface area contributed by atoms with E-state index in [4.69, 9.17) is 0 Å². The summed E-state index contributed by atoms with van der Waals surface area (Å²) in [5.41, 5.74) is 4.40. The fourth-order valence-electron chi connectivity index (χ4n) is 2.76. The Morgan fingerprint density at radius 1 is 0.870 bits per heavy atom. The van der Waals surface area contributed by atoms with Gasteiger partial charge in [-0.05, 0) is 35.4 Å². The molecule has 0 radical (unpaired) electrons. The van der Waals surface area contributed by atoms with E-state index in [2.05, 4.69) is 29.3 Å². The van der Waals surface area contributed by atoms with Crippen LogP contribution in [0.1, 0.15) is 22.1 Å². The lowest BCUT2D eigenvalue weighted by atomic mass is 9.98. The molecule has 3 aromatic rings. The molecule has 0 spiro atoms. The van der Waals surface area contributed by atoms with Gasteiger partial charge in [0.25, 0.3) is 0 Å². The molecule has 1 atom stereocenters. The number of pyridine rings is 1. The maximum Gasteiger partial charge on any atom is 0.123 e. The van der Waals surface area contributed by atoms with Crippen molar-refractivity contribution in [3.05, 3.63) is 102 Å². The van der Waals surface area contributed by atoms with Gasteiger partial charge in [-0.1, -0.05) is 48.5 Å². The monoisotopic (exact) mass is 319 g/mol. The third kappa shape index (κ3) is 2.80. The van der Waals surface area contributed by atoms with E-state index < -0.39 is 0 Å². The minimum Gasteiger partial charge on any atom is -0.255 e. The van der Waals surface area contributed by atoms with E-state index in [9.17, 15) is 4.39 Å². The second kappa shape index (κ2) is 6.01. The van der Waals surface area contributed by atoms with Crippen molar-refractivity contribution >= 4 is 17.3 Å². The van der Waals surface area contributed by atoms with E-state index in [1.165, 1.54) is 12.1 Å². The minimum atomic E-state index is -0.205. The molecule has 3 heteroatoms. The Labute approximate surface area is 138 Å². The molecule has 2 heterocycles. The molecule has 0 amide bonds. The molecule has 0 bridgehead atoms. The van der Waals surface area contributed by atoms with Gasteiger partial charge in [-0.15, -0.1) is 11.8 Å². The van der Waals surface area contributed by atoms with Crippen LogP contribution in [0.4, 0.5) is 4.39 Å². The lowest BCUT2D eigenvalue weighted by molar-refractivity contribution is 0.627. The van der Waals surface area contributed by atoms with Gasteiger partial charge in [0.15, 0.2) is 0 Å². The van der Waals surface area contributed by atoms with Gasteiger partial charge in [0.2, 0.25) is 0 Å². The largest absolute Gasteiger partial charge is 0.255 e. The number of rotatable bonds is 2. The Kier molecular flexibility index (Phi) is 3.72. The van der Waals surface area contributed by atoms with Gasteiger partial charge in [0.1, 0.15) is 5.82 Å². The molecule has 1 nitrogen and oxygen atoms in total. The van der Waals surface area contributed by atoms with E-state index in [1.807, 2.05) is 42.6 Å². The fraction of sp³-hybridized carbons (Fsp3) is 0.0500. The fourth-order valence-corrected chi connectivity index (χ4v) is 3.96. The quantitative estimate of drug-likeness (QED) is 0.618. The number of thioether (sulfide) groups is 1. The molecule has 0 saturated carbocycles. The lowest BCUT2D eigenvalue weighted by Crippen LogP contribution is -2.03. The van der Waals surface area contributed by atoms with E-state index in [-0.39, 0.29) is 11.1 Å². The SMILES string of the molecule is Fc1ccc(C2C=C(c3ccccc3)c3ncccc3S2)cc1. The van der Waals surface area contributed by atoms with Gasteiger partial charge in [0.05, 0.1) is 10.9 Å². The Morgan fingerprint density at radius 2 is 1.65 bits per heavy atom. The zero-order valence-electron chi connectivity index (χ0n) is 12.3. The van der Waals surface area contributed by atoms with Gasteiger partial charge < -0.3 is 0 Å². The Morgan fingerprint density at radius 3 is 2.43 bits per heavy atom. The summed E-state index contributed by atoms with van der Waals surface area (Å²) in [4.78, 5) is 5.73. The molecule has 0 N–H and O–H groups in total. The predicted molar refractivity (Wildman–Crippen MR) is 92.8 cm³/mol. The van der Waals surface area contributed by atoms with Crippen LogP contribution >= 0.6 is 11.8 Å². The number of nitrogens with zero attached hydrogens (tertiary/aromatic N) is 1. The molecule has 0 aliphatic carbocycles. The number of halogens is 1. The molecule has 1 aliphatic heterocycles. The van der Waals surface area contributed by atoms with Crippen LogP contribution in [0.25, 0.3) is 5.57 Å². The number of hydrogen-bond donors (Lipinski definition) is 0. The zero-order chi connectivity index (χ0) is 15.6. The normalized spacial score (nSPS) is 16.6. The molecule has 4 rings (SSSR count). The Hall–Kier alpha value is -2.39. The lowest BCUT2D eigenvalue weighted by Gasteiger charge is -2.23. The molecule has 1 unspecified atom stereocenters. The average molecular weight is 319 g/mol. The zero-order valence-corrected chi connectivity index (χ0v) is 13.1. The van der Waals surface area contributed by atoms with Gasteiger partial charge in [-0.2, -0.15) is 0 Å². The molecular weight excluding hydrogens is 305 g/mol. The van der Waals surface area contributed by atoms with E-state index >= 15 is 0 Å². The van der Waals surface area contributed by atoms with Crippen LogP contribution in [0.15, 0.2) is 83.9 Å². The number of aromatic nitrogens is 1. The smallest absolute Gasteiger partial charge is 0.123 e. The van der Waals surface area contributed by atoms with Gasteiger partial charge >= 0.3 is 0 Å². The highest BCUT2D eigenvalue weighted by Gasteiger charge is 2.23. The highest BCUT2D eigenvalue weighted by atomic mass is 32.2. The van der Waals surface area contributed by atoms with Crippen LogP contribution in [0, 0.1) is 5.82 Å². The molecule has 0 fully saturated rings. The molecule has 1 aromatic heterocycles. The standard InChI is InChI=1S/C20H14FNS/c21-16-10-8-15(9-11-16)19-13-17(14-5-2-1-3-6-14)20-18(23-19)7-4-12-22-20/h1-13,19H. The molecule has 112 valence electrons. The van der Waals surface area contributed by atoms with Gasteiger partial charge in [-0.25, -0.2) is 4.39 Å². The first kappa shape index (κ1) is 14.2. The summed E-state index contributed by atoms with van der Waals surface area (Å²) in [7, 11) is 0. The Balaban J connectivity index is 1.84. The first-order valence-corrected chi connectivity index (χ1v) is 8.34. The van der Waals surface area contributed by atoms with Crippen LogP contribution in [0.3, 0.4) is 0 Å². The summed E-state index contributed by atoms with van der Waals surface area (Å²) in [5, 5.41) is 0.155. The van der Waals surface area contributed by atoms with Gasteiger partial charge in [0, 0.05) is 16.7 Å². The van der Waals surface area contributed by atoms with Crippen molar-refractivity contribution in [2.24, 2.45) is 0 Å². The molecule has 1 aliphatic rings. The van der Waals surface area contributed by atoms with Crippen molar-refractivity contribution in [1.82, 2.24) is 4.98 Å². The first-order valence-electron chi connectivity index (χ1n) is 7.46. The predicted octanol–water partition coefficient (Wildman–Crippen LogP) is 5.50. The third-order valence-electron chi connectivity index (χ3n) is 3.88. The van der Waals surface area contributed by atoms with Crippen molar-refractivity contribution in [2.45, 2.75) is 10.1 Å². The maximum absolute atomic E-state index is 13.2. The van der Waals surface area contributed by atoms with Crippen LogP contribution < -0.4 is 0 Å². The van der Waals surface area contributed by atoms with Crippen molar-refractivity contribution in [1.29, 1.82) is 0 Å². The third-order valence-corrected chi connectivity index (χ3v) is 5.13. The van der Waals surface area contributed by atoms with Crippen LogP contribution in [0.5, 0.6) is 0 Å². The minimum absolute atomic E-state index is 0.155. The summed E-state index contributed by atoms with van der Waals surface area (Å²) < 4.78 is 13.2.